The first-order chi connectivity index (χ1) is 9.45. The van der Waals surface area contributed by atoms with Gasteiger partial charge in [0.05, 0.1) is 18.6 Å². The van der Waals surface area contributed by atoms with Crippen molar-refractivity contribution in [3.63, 3.8) is 0 Å². The molecule has 110 valence electrons. The topological polar surface area (TPSA) is 67.4 Å². The molecule has 0 radical (unpaired) electrons. The minimum Gasteiger partial charge on any atom is -0.465 e. The molecule has 1 amide bonds. The maximum atomic E-state index is 12.3. The number of carbonyl (C=O) groups excluding carboxylic acids is 2. The summed E-state index contributed by atoms with van der Waals surface area (Å²) in [6.45, 7) is 7.39. The molecule has 1 aromatic rings. The second-order valence-electron chi connectivity index (χ2n) is 5.21. The Bertz CT molecular complexity index is 539. The minimum absolute atomic E-state index is 0.0334. The summed E-state index contributed by atoms with van der Waals surface area (Å²) in [7, 11) is 1.35. The first-order valence-corrected chi connectivity index (χ1v) is 7.47. The fourth-order valence-corrected chi connectivity index (χ4v) is 3.48. The van der Waals surface area contributed by atoms with Gasteiger partial charge < -0.3 is 15.4 Å². The molecule has 1 aliphatic heterocycles. The number of methoxy groups -OCH3 is 1. The van der Waals surface area contributed by atoms with Gasteiger partial charge in [-0.3, -0.25) is 4.79 Å². The molecule has 6 heteroatoms. The molecule has 2 rings (SSSR count). The predicted octanol–water partition coefficient (Wildman–Crippen LogP) is 1.95. The van der Waals surface area contributed by atoms with Crippen molar-refractivity contribution < 1.29 is 14.3 Å². The third kappa shape index (κ3) is 2.71. The van der Waals surface area contributed by atoms with Gasteiger partial charge in [-0.05, 0) is 31.9 Å². The summed E-state index contributed by atoms with van der Waals surface area (Å²) >= 11 is 1.42. The normalized spacial score (nSPS) is 21.8. The summed E-state index contributed by atoms with van der Waals surface area (Å²) in [5.41, 5.74) is 1.34. The van der Waals surface area contributed by atoms with Crippen LogP contribution in [0.2, 0.25) is 0 Å². The van der Waals surface area contributed by atoms with Crippen LogP contribution >= 0.6 is 11.3 Å². The Hall–Kier alpha value is -1.40. The van der Waals surface area contributed by atoms with Crippen LogP contribution in [-0.4, -0.2) is 32.1 Å². The summed E-state index contributed by atoms with van der Waals surface area (Å²) in [5.74, 6) is -0.185. The first-order valence-electron chi connectivity index (χ1n) is 6.65. The monoisotopic (exact) mass is 296 g/mol. The van der Waals surface area contributed by atoms with Crippen LogP contribution in [0.4, 0.5) is 5.00 Å². The SMILES string of the molecule is COC(=O)c1c(NC(=O)[C@@H]2CNC[C@H]2C)sc(C)c1C. The number of ether oxygens (including phenoxy) is 1. The molecule has 2 heterocycles. The Kier molecular flexibility index (Phi) is 4.45. The molecule has 0 bridgehead atoms. The molecule has 0 saturated carbocycles. The fourth-order valence-electron chi connectivity index (χ4n) is 2.43. The van der Waals surface area contributed by atoms with Crippen molar-refractivity contribution in [2.75, 3.05) is 25.5 Å². The number of aryl methyl sites for hydroxylation is 1. The van der Waals surface area contributed by atoms with E-state index in [-0.39, 0.29) is 11.8 Å². The lowest BCUT2D eigenvalue weighted by atomic mass is 9.97. The average molecular weight is 296 g/mol. The highest BCUT2D eigenvalue weighted by atomic mass is 32.1. The van der Waals surface area contributed by atoms with Crippen molar-refractivity contribution >= 4 is 28.2 Å². The number of thiophene rings is 1. The summed E-state index contributed by atoms with van der Waals surface area (Å²) in [4.78, 5) is 25.2. The van der Waals surface area contributed by atoms with Gasteiger partial charge in [0.2, 0.25) is 5.91 Å². The standard InChI is InChI=1S/C14H20N2O3S/c1-7-5-15-6-10(7)12(17)16-13-11(14(18)19-4)8(2)9(3)20-13/h7,10,15H,5-6H2,1-4H3,(H,16,17)/t7-,10-/m1/s1. The third-order valence-corrected chi connectivity index (χ3v) is 4.99. The molecule has 2 atom stereocenters. The lowest BCUT2D eigenvalue weighted by Gasteiger charge is -2.14. The highest BCUT2D eigenvalue weighted by Crippen LogP contribution is 2.33. The lowest BCUT2D eigenvalue weighted by Crippen LogP contribution is -2.28. The molecule has 1 fully saturated rings. The Morgan fingerprint density at radius 3 is 2.60 bits per heavy atom. The van der Waals surface area contributed by atoms with E-state index >= 15 is 0 Å². The van der Waals surface area contributed by atoms with Crippen LogP contribution in [0.15, 0.2) is 0 Å². The van der Waals surface area contributed by atoms with Gasteiger partial charge >= 0.3 is 5.97 Å². The maximum Gasteiger partial charge on any atom is 0.341 e. The molecular weight excluding hydrogens is 276 g/mol. The van der Waals surface area contributed by atoms with E-state index in [1.807, 2.05) is 13.8 Å². The average Bonchev–Trinajstić information content (AvgIpc) is 2.94. The van der Waals surface area contributed by atoms with Crippen LogP contribution in [0, 0.1) is 25.7 Å². The summed E-state index contributed by atoms with van der Waals surface area (Å²) < 4.78 is 4.80. The molecule has 1 aromatic heterocycles. The van der Waals surface area contributed by atoms with E-state index in [2.05, 4.69) is 17.6 Å². The van der Waals surface area contributed by atoms with Gasteiger partial charge in [-0.15, -0.1) is 11.3 Å². The second kappa shape index (κ2) is 5.93. The largest absolute Gasteiger partial charge is 0.465 e. The number of amides is 1. The smallest absolute Gasteiger partial charge is 0.341 e. The number of hydrogen-bond donors (Lipinski definition) is 2. The number of nitrogens with one attached hydrogen (secondary N) is 2. The molecule has 1 aliphatic rings. The van der Waals surface area contributed by atoms with Crippen LogP contribution in [0.5, 0.6) is 0 Å². The zero-order chi connectivity index (χ0) is 14.9. The van der Waals surface area contributed by atoms with E-state index in [0.29, 0.717) is 23.0 Å². The number of esters is 1. The number of hydrogen-bond acceptors (Lipinski definition) is 5. The van der Waals surface area contributed by atoms with Gasteiger partial charge in [-0.25, -0.2) is 4.79 Å². The van der Waals surface area contributed by atoms with E-state index in [1.54, 1.807) is 0 Å². The Balaban J connectivity index is 2.23. The summed E-state index contributed by atoms with van der Waals surface area (Å²) in [5, 5.41) is 6.70. The van der Waals surface area contributed by atoms with E-state index in [0.717, 1.165) is 17.0 Å². The van der Waals surface area contributed by atoms with Crippen molar-refractivity contribution in [1.29, 1.82) is 0 Å². The van der Waals surface area contributed by atoms with Gasteiger partial charge in [0.15, 0.2) is 0 Å². The highest BCUT2D eigenvalue weighted by molar-refractivity contribution is 7.16. The molecule has 20 heavy (non-hydrogen) atoms. The molecular formula is C14H20N2O3S. The summed E-state index contributed by atoms with van der Waals surface area (Å²) in [6.07, 6.45) is 0. The van der Waals surface area contributed by atoms with E-state index in [1.165, 1.54) is 18.4 Å². The number of rotatable bonds is 3. The van der Waals surface area contributed by atoms with E-state index in [9.17, 15) is 9.59 Å². The van der Waals surface area contributed by atoms with Crippen molar-refractivity contribution in [2.24, 2.45) is 11.8 Å². The maximum absolute atomic E-state index is 12.3. The highest BCUT2D eigenvalue weighted by Gasteiger charge is 2.31. The zero-order valence-electron chi connectivity index (χ0n) is 12.2. The minimum atomic E-state index is -0.403. The molecule has 1 saturated heterocycles. The van der Waals surface area contributed by atoms with E-state index < -0.39 is 5.97 Å². The quantitative estimate of drug-likeness (QED) is 0.837. The van der Waals surface area contributed by atoms with Crippen molar-refractivity contribution in [1.82, 2.24) is 5.32 Å². The van der Waals surface area contributed by atoms with Gasteiger partial charge in [0.25, 0.3) is 0 Å². The van der Waals surface area contributed by atoms with Crippen LogP contribution in [-0.2, 0) is 9.53 Å². The fraction of sp³-hybridized carbons (Fsp3) is 0.571. The van der Waals surface area contributed by atoms with Crippen molar-refractivity contribution in [3.05, 3.63) is 16.0 Å². The van der Waals surface area contributed by atoms with E-state index in [4.69, 9.17) is 4.74 Å². The number of carbonyl (C=O) groups is 2. The van der Waals surface area contributed by atoms with Gasteiger partial charge in [-0.1, -0.05) is 6.92 Å². The molecule has 0 aliphatic carbocycles. The second-order valence-corrected chi connectivity index (χ2v) is 6.43. The van der Waals surface area contributed by atoms with Crippen LogP contribution in [0.3, 0.4) is 0 Å². The molecule has 2 N–H and O–H groups in total. The van der Waals surface area contributed by atoms with Gasteiger partial charge in [-0.2, -0.15) is 0 Å². The lowest BCUT2D eigenvalue weighted by molar-refractivity contribution is -0.120. The van der Waals surface area contributed by atoms with Crippen molar-refractivity contribution in [2.45, 2.75) is 20.8 Å². The van der Waals surface area contributed by atoms with Gasteiger partial charge in [0.1, 0.15) is 5.00 Å². The Morgan fingerprint density at radius 1 is 1.35 bits per heavy atom. The Morgan fingerprint density at radius 2 is 2.05 bits per heavy atom. The van der Waals surface area contributed by atoms with Crippen LogP contribution in [0.25, 0.3) is 0 Å². The first kappa shape index (κ1) is 15.0. The predicted molar refractivity (Wildman–Crippen MR) is 79.3 cm³/mol. The Labute approximate surface area is 122 Å². The van der Waals surface area contributed by atoms with Crippen LogP contribution < -0.4 is 10.6 Å². The molecule has 0 unspecified atom stereocenters. The third-order valence-electron chi connectivity index (χ3n) is 3.87. The molecule has 0 spiro atoms. The van der Waals surface area contributed by atoms with Crippen molar-refractivity contribution in [3.8, 4) is 0 Å². The zero-order valence-corrected chi connectivity index (χ0v) is 13.0. The molecule has 5 nitrogen and oxygen atoms in total. The van der Waals surface area contributed by atoms with Crippen LogP contribution in [0.1, 0.15) is 27.7 Å². The molecule has 0 aromatic carbocycles. The van der Waals surface area contributed by atoms with Gasteiger partial charge in [0, 0.05) is 11.4 Å². The number of anilines is 1. The summed E-state index contributed by atoms with van der Waals surface area (Å²) in [6, 6.07) is 0.